The molecule has 1 aromatic heterocycles. The standard InChI is InChI=1S/C20H23N3O/c1-20(16-24-2,18-7-4-3-5-8-18)21-15-17-9-11-19(12-10-17)23-14-6-13-22-23/h3-14,21H,15-16H2,1-2H3/t20-/m0/s1. The number of benzene rings is 2. The highest BCUT2D eigenvalue weighted by Crippen LogP contribution is 2.21. The molecule has 0 saturated heterocycles. The Bertz CT molecular complexity index is 738. The second-order valence-electron chi connectivity index (χ2n) is 6.10. The van der Waals surface area contributed by atoms with Gasteiger partial charge >= 0.3 is 0 Å². The van der Waals surface area contributed by atoms with Crippen LogP contribution in [0.1, 0.15) is 18.1 Å². The van der Waals surface area contributed by atoms with Crippen LogP contribution in [-0.4, -0.2) is 23.5 Å². The van der Waals surface area contributed by atoms with Gasteiger partial charge in [-0.15, -0.1) is 0 Å². The van der Waals surface area contributed by atoms with E-state index in [9.17, 15) is 0 Å². The number of nitrogens with zero attached hydrogens (tertiary/aromatic N) is 2. The van der Waals surface area contributed by atoms with E-state index >= 15 is 0 Å². The van der Waals surface area contributed by atoms with Crippen molar-refractivity contribution in [2.75, 3.05) is 13.7 Å². The minimum absolute atomic E-state index is 0.226. The van der Waals surface area contributed by atoms with Gasteiger partial charge in [0.25, 0.3) is 0 Å². The van der Waals surface area contributed by atoms with E-state index in [0.29, 0.717) is 6.61 Å². The van der Waals surface area contributed by atoms with Gasteiger partial charge in [0.2, 0.25) is 0 Å². The van der Waals surface area contributed by atoms with Crippen molar-refractivity contribution >= 4 is 0 Å². The minimum Gasteiger partial charge on any atom is -0.382 e. The van der Waals surface area contributed by atoms with Crippen LogP contribution in [0.2, 0.25) is 0 Å². The van der Waals surface area contributed by atoms with Crippen LogP contribution in [-0.2, 0) is 16.8 Å². The fourth-order valence-corrected chi connectivity index (χ4v) is 2.82. The third-order valence-corrected chi connectivity index (χ3v) is 4.23. The highest BCUT2D eigenvalue weighted by atomic mass is 16.5. The monoisotopic (exact) mass is 321 g/mol. The SMILES string of the molecule is COC[C@](C)(NCc1ccc(-n2cccn2)cc1)c1ccccc1. The van der Waals surface area contributed by atoms with E-state index in [4.69, 9.17) is 4.74 Å². The van der Waals surface area contributed by atoms with E-state index in [1.54, 1.807) is 13.3 Å². The number of hydrogen-bond acceptors (Lipinski definition) is 3. The number of ether oxygens (including phenoxy) is 1. The zero-order valence-electron chi connectivity index (χ0n) is 14.1. The van der Waals surface area contributed by atoms with Gasteiger partial charge in [-0.25, -0.2) is 4.68 Å². The molecule has 1 atom stereocenters. The zero-order chi connectivity index (χ0) is 16.8. The topological polar surface area (TPSA) is 39.1 Å². The number of rotatable bonds is 7. The van der Waals surface area contributed by atoms with Crippen molar-refractivity contribution in [3.05, 3.63) is 84.2 Å². The predicted molar refractivity (Wildman–Crippen MR) is 96.1 cm³/mol. The lowest BCUT2D eigenvalue weighted by Gasteiger charge is -2.31. The summed E-state index contributed by atoms with van der Waals surface area (Å²) in [6, 6.07) is 20.8. The highest BCUT2D eigenvalue weighted by Gasteiger charge is 2.25. The van der Waals surface area contributed by atoms with Crippen LogP contribution in [0, 0.1) is 0 Å². The summed E-state index contributed by atoms with van der Waals surface area (Å²) in [5.74, 6) is 0. The summed E-state index contributed by atoms with van der Waals surface area (Å²) in [6.07, 6.45) is 3.73. The smallest absolute Gasteiger partial charge is 0.0683 e. The van der Waals surface area contributed by atoms with Crippen molar-refractivity contribution in [1.29, 1.82) is 0 Å². The molecule has 0 spiro atoms. The predicted octanol–water partition coefficient (Wildman–Crippen LogP) is 3.52. The molecule has 0 aliphatic heterocycles. The van der Waals surface area contributed by atoms with Crippen molar-refractivity contribution in [2.45, 2.75) is 19.0 Å². The van der Waals surface area contributed by atoms with Gasteiger partial charge in [0.1, 0.15) is 0 Å². The van der Waals surface area contributed by atoms with Gasteiger partial charge in [-0.05, 0) is 36.2 Å². The summed E-state index contributed by atoms with van der Waals surface area (Å²) in [5.41, 5.74) is 3.28. The lowest BCUT2D eigenvalue weighted by atomic mass is 9.92. The van der Waals surface area contributed by atoms with Crippen molar-refractivity contribution < 1.29 is 4.74 Å². The normalized spacial score (nSPS) is 13.6. The summed E-state index contributed by atoms with van der Waals surface area (Å²) in [6.45, 7) is 3.56. The largest absolute Gasteiger partial charge is 0.382 e. The van der Waals surface area contributed by atoms with E-state index in [1.165, 1.54) is 11.1 Å². The Morgan fingerprint density at radius 3 is 2.42 bits per heavy atom. The average molecular weight is 321 g/mol. The third-order valence-electron chi connectivity index (χ3n) is 4.23. The van der Waals surface area contributed by atoms with Gasteiger partial charge in [-0.1, -0.05) is 42.5 Å². The second-order valence-corrected chi connectivity index (χ2v) is 6.10. The minimum atomic E-state index is -0.226. The highest BCUT2D eigenvalue weighted by molar-refractivity contribution is 5.34. The van der Waals surface area contributed by atoms with E-state index in [-0.39, 0.29) is 5.54 Å². The first kappa shape index (κ1) is 16.4. The Hall–Kier alpha value is -2.43. The molecule has 3 aromatic rings. The van der Waals surface area contributed by atoms with Crippen molar-refractivity contribution in [3.63, 3.8) is 0 Å². The Kier molecular flexibility index (Phi) is 5.08. The summed E-state index contributed by atoms with van der Waals surface area (Å²) >= 11 is 0. The van der Waals surface area contributed by atoms with Gasteiger partial charge in [0, 0.05) is 26.0 Å². The van der Waals surface area contributed by atoms with Crippen LogP contribution in [0.5, 0.6) is 0 Å². The van der Waals surface area contributed by atoms with Crippen molar-refractivity contribution in [2.24, 2.45) is 0 Å². The van der Waals surface area contributed by atoms with Crippen molar-refractivity contribution in [3.8, 4) is 5.69 Å². The van der Waals surface area contributed by atoms with Crippen LogP contribution in [0.25, 0.3) is 5.69 Å². The fourth-order valence-electron chi connectivity index (χ4n) is 2.82. The van der Waals surface area contributed by atoms with Crippen LogP contribution in [0.3, 0.4) is 0 Å². The molecule has 0 fully saturated rings. The Morgan fingerprint density at radius 2 is 1.79 bits per heavy atom. The van der Waals surface area contributed by atoms with Crippen LogP contribution in [0.4, 0.5) is 0 Å². The molecule has 0 aliphatic rings. The number of aromatic nitrogens is 2. The quantitative estimate of drug-likeness (QED) is 0.723. The molecule has 1 N–H and O–H groups in total. The second kappa shape index (κ2) is 7.43. The third kappa shape index (κ3) is 3.72. The summed E-state index contributed by atoms with van der Waals surface area (Å²) in [5, 5.41) is 7.89. The first-order chi connectivity index (χ1) is 11.7. The molecular formula is C20H23N3O. The Balaban J connectivity index is 1.71. The molecule has 0 aliphatic carbocycles. The lowest BCUT2D eigenvalue weighted by Crippen LogP contribution is -2.43. The first-order valence-electron chi connectivity index (χ1n) is 8.10. The molecular weight excluding hydrogens is 298 g/mol. The molecule has 0 bridgehead atoms. The van der Waals surface area contributed by atoms with Crippen molar-refractivity contribution in [1.82, 2.24) is 15.1 Å². The van der Waals surface area contributed by atoms with E-state index in [1.807, 2.05) is 23.0 Å². The molecule has 0 unspecified atom stereocenters. The summed E-state index contributed by atoms with van der Waals surface area (Å²) < 4.78 is 7.30. The first-order valence-corrected chi connectivity index (χ1v) is 8.10. The zero-order valence-corrected chi connectivity index (χ0v) is 14.1. The molecule has 0 radical (unpaired) electrons. The maximum atomic E-state index is 5.44. The molecule has 24 heavy (non-hydrogen) atoms. The number of nitrogens with one attached hydrogen (secondary N) is 1. The molecule has 124 valence electrons. The molecule has 3 rings (SSSR count). The summed E-state index contributed by atoms with van der Waals surface area (Å²) in [4.78, 5) is 0. The Labute approximate surface area is 143 Å². The van der Waals surface area contributed by atoms with E-state index in [2.05, 4.69) is 65.9 Å². The summed E-state index contributed by atoms with van der Waals surface area (Å²) in [7, 11) is 1.74. The molecule has 0 saturated carbocycles. The molecule has 4 heteroatoms. The lowest BCUT2D eigenvalue weighted by molar-refractivity contribution is 0.117. The van der Waals surface area contributed by atoms with Gasteiger partial charge in [-0.2, -0.15) is 5.10 Å². The molecule has 2 aromatic carbocycles. The van der Waals surface area contributed by atoms with Crippen LogP contribution >= 0.6 is 0 Å². The van der Waals surface area contributed by atoms with E-state index in [0.717, 1.165) is 12.2 Å². The Morgan fingerprint density at radius 1 is 1.04 bits per heavy atom. The van der Waals surface area contributed by atoms with Gasteiger partial charge in [0.15, 0.2) is 0 Å². The van der Waals surface area contributed by atoms with Crippen LogP contribution in [0.15, 0.2) is 73.1 Å². The van der Waals surface area contributed by atoms with Crippen LogP contribution < -0.4 is 5.32 Å². The van der Waals surface area contributed by atoms with E-state index < -0.39 is 0 Å². The van der Waals surface area contributed by atoms with Gasteiger partial charge in [0.05, 0.1) is 17.8 Å². The molecule has 0 amide bonds. The molecule has 1 heterocycles. The number of hydrogen-bond donors (Lipinski definition) is 1. The van der Waals surface area contributed by atoms with Gasteiger partial charge < -0.3 is 10.1 Å². The van der Waals surface area contributed by atoms with Gasteiger partial charge in [-0.3, -0.25) is 0 Å². The number of methoxy groups -OCH3 is 1. The average Bonchev–Trinajstić information content (AvgIpc) is 3.16. The maximum Gasteiger partial charge on any atom is 0.0683 e. The maximum absolute atomic E-state index is 5.44. The molecule has 4 nitrogen and oxygen atoms in total. The fraction of sp³-hybridized carbons (Fsp3) is 0.250.